The highest BCUT2D eigenvalue weighted by Gasteiger charge is 2.28. The van der Waals surface area contributed by atoms with Crippen LogP contribution >= 0.6 is 22.7 Å². The Morgan fingerprint density at radius 2 is 1.59 bits per heavy atom. The third-order valence-electron chi connectivity index (χ3n) is 7.91. The van der Waals surface area contributed by atoms with Crippen LogP contribution in [-0.2, 0) is 35.5 Å². The molecule has 0 aliphatic carbocycles. The van der Waals surface area contributed by atoms with Crippen LogP contribution in [0, 0.1) is 0 Å². The number of hydrogen-bond donors (Lipinski definition) is 4. The van der Waals surface area contributed by atoms with Crippen molar-refractivity contribution in [3.8, 4) is 0 Å². The number of carbonyl (C=O) groups is 3. The monoisotopic (exact) mass is 706 g/mol. The molecule has 0 aliphatic heterocycles. The molecule has 4 atom stereocenters. The number of aliphatic hydroxyl groups is 1. The van der Waals surface area contributed by atoms with Crippen molar-refractivity contribution in [3.63, 3.8) is 0 Å². The predicted molar refractivity (Wildman–Crippen MR) is 192 cm³/mol. The third-order valence-corrected chi connectivity index (χ3v) is 9.86. The zero-order chi connectivity index (χ0) is 35.2. The molecular formula is C36H46N6O5S2. The molecule has 4 aromatic rings. The van der Waals surface area contributed by atoms with Crippen molar-refractivity contribution < 1.29 is 24.2 Å². The number of aliphatic hydroxyl groups excluding tert-OH is 1. The van der Waals surface area contributed by atoms with Gasteiger partial charge in [0.05, 0.1) is 39.8 Å². The number of rotatable bonds is 17. The molecule has 0 aliphatic rings. The van der Waals surface area contributed by atoms with Gasteiger partial charge in [-0.15, -0.1) is 22.7 Å². The quantitative estimate of drug-likeness (QED) is 0.111. The Hall–Kier alpha value is -4.33. The number of nitrogens with zero attached hydrogens (tertiary/aromatic N) is 3. The molecule has 0 spiro atoms. The minimum Gasteiger partial charge on any atom is -0.444 e. The first-order chi connectivity index (χ1) is 23.6. The van der Waals surface area contributed by atoms with Crippen LogP contribution < -0.4 is 16.0 Å². The Morgan fingerprint density at radius 1 is 0.918 bits per heavy atom. The minimum absolute atomic E-state index is 0.0686. The number of ether oxygens (including phenoxy) is 1. The Morgan fingerprint density at radius 3 is 2.18 bits per heavy atom. The molecule has 2 aromatic heterocycles. The van der Waals surface area contributed by atoms with Gasteiger partial charge in [-0.3, -0.25) is 9.78 Å². The average Bonchev–Trinajstić information content (AvgIpc) is 3.79. The minimum atomic E-state index is -1.04. The van der Waals surface area contributed by atoms with Crippen molar-refractivity contribution >= 4 is 40.7 Å². The van der Waals surface area contributed by atoms with E-state index in [0.717, 1.165) is 26.7 Å². The lowest BCUT2D eigenvalue weighted by Gasteiger charge is -2.29. The summed E-state index contributed by atoms with van der Waals surface area (Å²) in [4.78, 5) is 50.6. The van der Waals surface area contributed by atoms with Crippen LogP contribution in [0.4, 0.5) is 9.59 Å². The fourth-order valence-electron chi connectivity index (χ4n) is 5.19. The van der Waals surface area contributed by atoms with E-state index in [1.165, 1.54) is 11.3 Å². The van der Waals surface area contributed by atoms with Crippen LogP contribution in [0.25, 0.3) is 0 Å². The van der Waals surface area contributed by atoms with Crippen molar-refractivity contribution in [2.24, 2.45) is 0 Å². The van der Waals surface area contributed by atoms with E-state index >= 15 is 0 Å². The van der Waals surface area contributed by atoms with Crippen LogP contribution in [0.3, 0.4) is 0 Å². The number of carbonyl (C=O) groups excluding carboxylic acids is 3. The van der Waals surface area contributed by atoms with Gasteiger partial charge >= 0.3 is 12.1 Å². The predicted octanol–water partition coefficient (Wildman–Crippen LogP) is 5.66. The number of aromatic nitrogens is 2. The average molecular weight is 707 g/mol. The molecule has 49 heavy (non-hydrogen) atoms. The molecule has 13 heteroatoms. The highest BCUT2D eigenvalue weighted by atomic mass is 32.1. The van der Waals surface area contributed by atoms with E-state index < -0.39 is 30.3 Å². The fraction of sp³-hybridized carbons (Fsp3) is 0.417. The van der Waals surface area contributed by atoms with Gasteiger partial charge in [-0.1, -0.05) is 74.5 Å². The number of alkyl carbamates (subject to hydrolysis) is 1. The maximum Gasteiger partial charge on any atom is 0.407 e. The molecule has 2 aromatic carbocycles. The standard InChI is InChI=1S/C36H46N6O5S2/c1-5-42(20-29-22-48-34(40-29)24(2)3)35(45)38-25(4)33(44)39-28(16-26-12-8-6-9-13-26)18-32(43)31(17-27-14-10-7-11-15-27)41-36(46)47-21-30-19-37-23-49-30/h6-15,19,22-25,28,31-32,43H,5,16-18,20-21H2,1-4H3,(H,38,45)(H,39,44)(H,41,46)/t25?,28-,31-,32-/m0/s1. The summed E-state index contributed by atoms with van der Waals surface area (Å²) in [6.45, 7) is 8.53. The van der Waals surface area contributed by atoms with Crippen molar-refractivity contribution in [2.75, 3.05) is 6.54 Å². The van der Waals surface area contributed by atoms with Crippen molar-refractivity contribution in [1.82, 2.24) is 30.8 Å². The van der Waals surface area contributed by atoms with E-state index in [1.807, 2.05) is 73.0 Å². The number of urea groups is 1. The van der Waals surface area contributed by atoms with Gasteiger partial charge in [0.1, 0.15) is 12.6 Å². The molecule has 11 nitrogen and oxygen atoms in total. The highest BCUT2D eigenvalue weighted by molar-refractivity contribution is 7.09. The van der Waals surface area contributed by atoms with E-state index in [2.05, 4.69) is 39.8 Å². The first-order valence-corrected chi connectivity index (χ1v) is 18.2. The Labute approximate surface area is 296 Å². The van der Waals surface area contributed by atoms with E-state index in [0.29, 0.717) is 31.8 Å². The lowest BCUT2D eigenvalue weighted by Crippen LogP contribution is -2.53. The van der Waals surface area contributed by atoms with Gasteiger partial charge < -0.3 is 30.7 Å². The lowest BCUT2D eigenvalue weighted by molar-refractivity contribution is -0.123. The molecule has 0 fully saturated rings. The Balaban J connectivity index is 1.42. The number of benzene rings is 2. The zero-order valence-corrected chi connectivity index (χ0v) is 30.0. The van der Waals surface area contributed by atoms with Crippen LogP contribution in [0.1, 0.15) is 66.7 Å². The second-order valence-electron chi connectivity index (χ2n) is 12.2. The summed E-state index contributed by atoms with van der Waals surface area (Å²) in [6.07, 6.45) is 0.850. The van der Waals surface area contributed by atoms with E-state index in [4.69, 9.17) is 4.74 Å². The fourth-order valence-corrected chi connectivity index (χ4v) is 6.53. The smallest absolute Gasteiger partial charge is 0.407 e. The van der Waals surface area contributed by atoms with Crippen molar-refractivity contribution in [2.45, 2.75) is 90.3 Å². The van der Waals surface area contributed by atoms with E-state index in [9.17, 15) is 19.5 Å². The molecular weight excluding hydrogens is 661 g/mol. The maximum atomic E-state index is 13.5. The van der Waals surface area contributed by atoms with Gasteiger partial charge in [0.25, 0.3) is 0 Å². The second kappa shape index (κ2) is 19.0. The largest absolute Gasteiger partial charge is 0.444 e. The van der Waals surface area contributed by atoms with Crippen LogP contribution in [0.5, 0.6) is 0 Å². The molecule has 0 radical (unpaired) electrons. The van der Waals surface area contributed by atoms with E-state index in [-0.39, 0.29) is 25.0 Å². The Bertz CT molecular complexity index is 1590. The zero-order valence-electron chi connectivity index (χ0n) is 28.4. The number of hydrogen-bond acceptors (Lipinski definition) is 9. The molecule has 1 unspecified atom stereocenters. The van der Waals surface area contributed by atoms with Gasteiger partial charge in [0, 0.05) is 30.1 Å². The van der Waals surface area contributed by atoms with Crippen LogP contribution in [0.2, 0.25) is 0 Å². The summed E-state index contributed by atoms with van der Waals surface area (Å²) in [7, 11) is 0. The number of nitrogens with one attached hydrogen (secondary N) is 3. The maximum absolute atomic E-state index is 13.5. The second-order valence-corrected chi connectivity index (χ2v) is 14.1. The van der Waals surface area contributed by atoms with Crippen molar-refractivity contribution in [1.29, 1.82) is 0 Å². The normalized spacial score (nSPS) is 13.6. The molecule has 0 saturated carbocycles. The van der Waals surface area contributed by atoms with Gasteiger partial charge in [-0.05, 0) is 44.2 Å². The van der Waals surface area contributed by atoms with Crippen LogP contribution in [-0.4, -0.2) is 68.8 Å². The summed E-state index contributed by atoms with van der Waals surface area (Å²) in [5, 5.41) is 23.3. The molecule has 4 amide bonds. The molecule has 0 bridgehead atoms. The summed E-state index contributed by atoms with van der Waals surface area (Å²) in [5.74, 6) is -0.0778. The van der Waals surface area contributed by atoms with Gasteiger partial charge in [-0.25, -0.2) is 14.6 Å². The van der Waals surface area contributed by atoms with Crippen LogP contribution in [0.15, 0.2) is 77.8 Å². The topological polar surface area (TPSA) is 146 Å². The number of amides is 4. The third kappa shape index (κ3) is 12.3. The number of thiazole rings is 2. The van der Waals surface area contributed by atoms with Gasteiger partial charge in [0.2, 0.25) is 5.91 Å². The lowest BCUT2D eigenvalue weighted by atomic mass is 9.93. The summed E-state index contributed by atoms with van der Waals surface area (Å²) >= 11 is 2.95. The first kappa shape index (κ1) is 37.5. The van der Waals surface area contributed by atoms with Gasteiger partial charge in [0.15, 0.2) is 0 Å². The Kier molecular flexibility index (Phi) is 14.5. The van der Waals surface area contributed by atoms with E-state index in [1.54, 1.807) is 34.9 Å². The summed E-state index contributed by atoms with van der Waals surface area (Å²) in [6, 6.07) is 16.8. The van der Waals surface area contributed by atoms with Gasteiger partial charge in [-0.2, -0.15) is 0 Å². The molecule has 4 N–H and O–H groups in total. The molecule has 4 rings (SSSR count). The molecule has 262 valence electrons. The summed E-state index contributed by atoms with van der Waals surface area (Å²) in [5.41, 5.74) is 4.37. The first-order valence-electron chi connectivity index (χ1n) is 16.5. The van der Waals surface area contributed by atoms with Crippen molar-refractivity contribution in [3.05, 3.63) is 104 Å². The SMILES string of the molecule is CCN(Cc1csc(C(C)C)n1)C(=O)NC(C)C(=O)N[C@@H](Cc1ccccc1)C[C@H](O)[C@H](Cc1ccccc1)NC(=O)OCc1cncs1. The highest BCUT2D eigenvalue weighted by Crippen LogP contribution is 2.20. The molecule has 0 saturated heterocycles. The summed E-state index contributed by atoms with van der Waals surface area (Å²) < 4.78 is 5.41. The molecule has 2 heterocycles.